The maximum absolute atomic E-state index is 2.89. The molecule has 0 radical (unpaired) electrons. The summed E-state index contributed by atoms with van der Waals surface area (Å²) in [6.45, 7) is 0. The summed E-state index contributed by atoms with van der Waals surface area (Å²) < 4.78 is 0. The molecule has 0 atom stereocenters. The minimum Gasteiger partial charge on any atom is -0.184 e. The molecule has 0 unspecified atom stereocenters. The maximum atomic E-state index is 2.89. The third-order valence-corrected chi connectivity index (χ3v) is 5.01. The molecule has 0 fully saturated rings. The fourth-order valence-corrected chi connectivity index (χ4v) is 3.34. The fourth-order valence-electron chi connectivity index (χ4n) is 3.34. The Balaban J connectivity index is 0.000000217. The van der Waals surface area contributed by atoms with E-state index in [1.165, 1.54) is 22.6 Å². The molecule has 0 saturated carbocycles. The van der Waals surface area contributed by atoms with E-state index in [0.717, 1.165) is 0 Å². The SMILES string of the molecule is [Cr+4].[c-]1ccccc1.[c-]1ccccc1.[c-]1ccccc1.c1ccc([C-](c2ccccc2)c2ccccc2)cc1. The van der Waals surface area contributed by atoms with Crippen molar-refractivity contribution in [1.29, 1.82) is 0 Å². The Hall–Kier alpha value is -4.28. The van der Waals surface area contributed by atoms with Crippen LogP contribution in [0.15, 0.2) is 182 Å². The van der Waals surface area contributed by atoms with Crippen LogP contribution < -0.4 is 0 Å². The van der Waals surface area contributed by atoms with E-state index >= 15 is 0 Å². The van der Waals surface area contributed by atoms with E-state index in [4.69, 9.17) is 0 Å². The van der Waals surface area contributed by atoms with Crippen LogP contribution in [-0.4, -0.2) is 0 Å². The zero-order valence-corrected chi connectivity index (χ0v) is 22.5. The zero-order chi connectivity index (χ0) is 25.6. The van der Waals surface area contributed by atoms with Crippen LogP contribution in [0.4, 0.5) is 0 Å². The van der Waals surface area contributed by atoms with E-state index in [-0.39, 0.29) is 17.4 Å². The third kappa shape index (κ3) is 12.1. The van der Waals surface area contributed by atoms with Gasteiger partial charge in [-0.1, -0.05) is 114 Å². The van der Waals surface area contributed by atoms with Gasteiger partial charge in [0.2, 0.25) is 0 Å². The minimum absolute atomic E-state index is 0. The van der Waals surface area contributed by atoms with Gasteiger partial charge < -0.3 is 0 Å². The molecule has 0 aliphatic heterocycles. The van der Waals surface area contributed by atoms with Crippen molar-refractivity contribution in [3.8, 4) is 0 Å². The second-order valence-electron chi connectivity index (χ2n) is 7.71. The van der Waals surface area contributed by atoms with Crippen LogP contribution in [0.5, 0.6) is 0 Å². The van der Waals surface area contributed by atoms with E-state index in [2.05, 4.69) is 109 Å². The van der Waals surface area contributed by atoms with Gasteiger partial charge in [-0.3, -0.25) is 0 Å². The van der Waals surface area contributed by atoms with Crippen molar-refractivity contribution in [3.63, 3.8) is 0 Å². The Bertz CT molecular complexity index is 1030. The molecule has 0 heterocycles. The molecular formula is C37H30Cr. The molecule has 0 bridgehead atoms. The molecular weight excluding hydrogens is 496 g/mol. The summed E-state index contributed by atoms with van der Waals surface area (Å²) in [7, 11) is 0. The fraction of sp³-hybridized carbons (Fsp3) is 0. The minimum atomic E-state index is 0. The molecule has 0 aromatic heterocycles. The molecule has 0 aliphatic carbocycles. The van der Waals surface area contributed by atoms with E-state index in [1.54, 1.807) is 0 Å². The number of benzene rings is 6. The van der Waals surface area contributed by atoms with Gasteiger partial charge in [0, 0.05) is 0 Å². The Kier molecular flexibility index (Phi) is 15.7. The average Bonchev–Trinajstić information content (AvgIpc) is 3.03. The first-order valence-electron chi connectivity index (χ1n) is 12.2. The summed E-state index contributed by atoms with van der Waals surface area (Å²) in [6, 6.07) is 69.1. The smallest absolute Gasteiger partial charge is 0.184 e. The van der Waals surface area contributed by atoms with Crippen molar-refractivity contribution < 1.29 is 17.4 Å². The molecule has 1 heteroatoms. The summed E-state index contributed by atoms with van der Waals surface area (Å²) in [5.74, 6) is 1.28. The van der Waals surface area contributed by atoms with E-state index < -0.39 is 0 Å². The van der Waals surface area contributed by atoms with E-state index in [1.807, 2.05) is 91.0 Å². The number of hydrogen-bond acceptors (Lipinski definition) is 0. The van der Waals surface area contributed by atoms with Gasteiger partial charge in [0.25, 0.3) is 0 Å². The van der Waals surface area contributed by atoms with Crippen molar-refractivity contribution in [1.82, 2.24) is 0 Å². The molecule has 0 amide bonds. The Labute approximate surface area is 239 Å². The number of hydrogen-bond donors (Lipinski definition) is 0. The third-order valence-electron chi connectivity index (χ3n) is 5.01. The van der Waals surface area contributed by atoms with Gasteiger partial charge in [0.05, 0.1) is 0 Å². The standard InChI is InChI=1S/C19H15.3C6H5.Cr/c1-4-10-16(11-5-1)19(17-12-6-2-7-13-17)18-14-8-3-9-15-18;3*1-2-4-6-5-3-1;/h1-15H;3*1-5H;/q4*-1;+4. The molecule has 0 N–H and O–H groups in total. The summed E-state index contributed by atoms with van der Waals surface area (Å²) in [4.78, 5) is 0. The van der Waals surface area contributed by atoms with E-state index in [9.17, 15) is 0 Å². The van der Waals surface area contributed by atoms with Crippen LogP contribution in [0.1, 0.15) is 16.7 Å². The Morgan fingerprint density at radius 1 is 0.289 bits per heavy atom. The first-order valence-corrected chi connectivity index (χ1v) is 12.2. The van der Waals surface area contributed by atoms with Gasteiger partial charge in [-0.15, -0.1) is 0 Å². The van der Waals surface area contributed by atoms with Crippen molar-refractivity contribution in [3.05, 3.63) is 223 Å². The van der Waals surface area contributed by atoms with Gasteiger partial charge in [-0.05, 0) is 0 Å². The maximum Gasteiger partial charge on any atom is 4.00 e. The topological polar surface area (TPSA) is 0 Å². The van der Waals surface area contributed by atoms with Crippen molar-refractivity contribution in [2.24, 2.45) is 0 Å². The summed E-state index contributed by atoms with van der Waals surface area (Å²) in [5.41, 5.74) is 3.75. The average molecular weight is 527 g/mol. The first kappa shape index (κ1) is 29.9. The summed E-state index contributed by atoms with van der Waals surface area (Å²) >= 11 is 0. The van der Waals surface area contributed by atoms with Crippen LogP contribution in [0.2, 0.25) is 0 Å². The second kappa shape index (κ2) is 19.9. The predicted molar refractivity (Wildman–Crippen MR) is 156 cm³/mol. The van der Waals surface area contributed by atoms with Gasteiger partial charge in [0.15, 0.2) is 0 Å². The molecule has 0 spiro atoms. The van der Waals surface area contributed by atoms with Crippen LogP contribution in [-0.2, 0) is 17.4 Å². The van der Waals surface area contributed by atoms with Crippen molar-refractivity contribution >= 4 is 0 Å². The predicted octanol–water partition coefficient (Wildman–Crippen LogP) is 9.16. The molecule has 0 saturated heterocycles. The van der Waals surface area contributed by atoms with Crippen molar-refractivity contribution in [2.45, 2.75) is 0 Å². The summed E-state index contributed by atoms with van der Waals surface area (Å²) in [6.07, 6.45) is 0. The molecule has 38 heavy (non-hydrogen) atoms. The Morgan fingerprint density at radius 2 is 0.500 bits per heavy atom. The molecule has 0 aliphatic rings. The molecule has 184 valence electrons. The van der Waals surface area contributed by atoms with Gasteiger partial charge in [-0.2, -0.15) is 109 Å². The van der Waals surface area contributed by atoms with Crippen LogP contribution >= 0.6 is 0 Å². The van der Waals surface area contributed by atoms with Gasteiger partial charge in [-0.25, -0.2) is 0 Å². The van der Waals surface area contributed by atoms with Gasteiger partial charge >= 0.3 is 17.4 Å². The number of rotatable bonds is 3. The first-order chi connectivity index (χ1) is 18.4. The van der Waals surface area contributed by atoms with E-state index in [0.29, 0.717) is 0 Å². The monoisotopic (exact) mass is 526 g/mol. The second-order valence-corrected chi connectivity index (χ2v) is 7.71. The van der Waals surface area contributed by atoms with Crippen LogP contribution in [0, 0.1) is 24.1 Å². The normalized spacial score (nSPS) is 8.84. The quantitative estimate of drug-likeness (QED) is 0.159. The van der Waals surface area contributed by atoms with Crippen LogP contribution in [0.3, 0.4) is 0 Å². The Morgan fingerprint density at radius 3 is 0.658 bits per heavy atom. The molecule has 0 nitrogen and oxygen atoms in total. The molecule has 6 aromatic rings. The zero-order valence-electron chi connectivity index (χ0n) is 21.2. The van der Waals surface area contributed by atoms with Crippen LogP contribution in [0.25, 0.3) is 0 Å². The van der Waals surface area contributed by atoms with Crippen molar-refractivity contribution in [2.75, 3.05) is 0 Å². The molecule has 6 aromatic carbocycles. The largest absolute Gasteiger partial charge is 4.00 e. The van der Waals surface area contributed by atoms with Gasteiger partial charge in [0.1, 0.15) is 0 Å². The molecule has 6 rings (SSSR count). The summed E-state index contributed by atoms with van der Waals surface area (Å²) in [5, 5.41) is 0.